The minimum Gasteiger partial charge on any atom is -0.376 e. The second-order valence-electron chi connectivity index (χ2n) is 4.97. The fourth-order valence-corrected chi connectivity index (χ4v) is 2.40. The SMILES string of the molecule is Cc1nc(N)nc(N(C)CC2CCCCO2)c1[N+](=O)[O-]. The van der Waals surface area contributed by atoms with Gasteiger partial charge in [0.2, 0.25) is 11.8 Å². The van der Waals surface area contributed by atoms with Crippen molar-refractivity contribution in [1.29, 1.82) is 0 Å². The van der Waals surface area contributed by atoms with Gasteiger partial charge in [0, 0.05) is 20.2 Å². The lowest BCUT2D eigenvalue weighted by Crippen LogP contribution is -2.34. The molecule has 0 saturated carbocycles. The van der Waals surface area contributed by atoms with E-state index >= 15 is 0 Å². The van der Waals surface area contributed by atoms with E-state index in [0.29, 0.717) is 6.54 Å². The molecule has 0 radical (unpaired) electrons. The van der Waals surface area contributed by atoms with Crippen molar-refractivity contribution in [3.8, 4) is 0 Å². The van der Waals surface area contributed by atoms with Crippen LogP contribution in [0.1, 0.15) is 25.0 Å². The molecule has 1 unspecified atom stereocenters. The molecule has 1 saturated heterocycles. The fraction of sp³-hybridized carbons (Fsp3) is 0.667. The minimum absolute atomic E-state index is 0.0412. The van der Waals surface area contributed by atoms with E-state index in [1.54, 1.807) is 18.9 Å². The number of ether oxygens (including phenoxy) is 1. The predicted octanol–water partition coefficient (Wildman–Crippen LogP) is 1.28. The van der Waals surface area contributed by atoms with Crippen LogP contribution in [0.2, 0.25) is 0 Å². The summed E-state index contributed by atoms with van der Waals surface area (Å²) in [7, 11) is 1.76. The average molecular weight is 281 g/mol. The maximum Gasteiger partial charge on any atom is 0.332 e. The van der Waals surface area contributed by atoms with Crippen molar-refractivity contribution in [1.82, 2.24) is 9.97 Å². The van der Waals surface area contributed by atoms with Gasteiger partial charge < -0.3 is 15.4 Å². The molecule has 2 N–H and O–H groups in total. The molecule has 2 heterocycles. The number of hydrogen-bond acceptors (Lipinski definition) is 7. The Balaban J connectivity index is 2.23. The third-order valence-electron chi connectivity index (χ3n) is 3.35. The van der Waals surface area contributed by atoms with E-state index in [9.17, 15) is 10.1 Å². The Morgan fingerprint density at radius 1 is 1.50 bits per heavy atom. The Bertz CT molecular complexity index is 502. The number of nitrogen functional groups attached to an aromatic ring is 1. The Kier molecular flexibility index (Phi) is 4.33. The lowest BCUT2D eigenvalue weighted by molar-refractivity contribution is -0.385. The molecule has 0 aromatic carbocycles. The second-order valence-corrected chi connectivity index (χ2v) is 4.97. The first kappa shape index (κ1) is 14.4. The van der Waals surface area contributed by atoms with Crippen molar-refractivity contribution in [2.24, 2.45) is 0 Å². The molecule has 0 amide bonds. The molecule has 1 aromatic rings. The summed E-state index contributed by atoms with van der Waals surface area (Å²) in [4.78, 5) is 20.3. The first-order valence-corrected chi connectivity index (χ1v) is 6.60. The summed E-state index contributed by atoms with van der Waals surface area (Å²) in [6, 6.07) is 0. The van der Waals surface area contributed by atoms with Crippen molar-refractivity contribution in [3.63, 3.8) is 0 Å². The van der Waals surface area contributed by atoms with Gasteiger partial charge in [0.25, 0.3) is 0 Å². The van der Waals surface area contributed by atoms with Gasteiger partial charge in [0.1, 0.15) is 5.69 Å². The van der Waals surface area contributed by atoms with E-state index in [1.807, 2.05) is 0 Å². The van der Waals surface area contributed by atoms with E-state index in [4.69, 9.17) is 10.5 Å². The molecule has 8 nitrogen and oxygen atoms in total. The second kappa shape index (κ2) is 6.00. The fourth-order valence-electron chi connectivity index (χ4n) is 2.40. The molecule has 0 spiro atoms. The topological polar surface area (TPSA) is 107 Å². The van der Waals surface area contributed by atoms with Crippen LogP contribution in [0.15, 0.2) is 0 Å². The number of aryl methyl sites for hydroxylation is 1. The molecule has 1 atom stereocenters. The number of anilines is 2. The van der Waals surface area contributed by atoms with Gasteiger partial charge in [-0.15, -0.1) is 0 Å². The van der Waals surface area contributed by atoms with Gasteiger partial charge in [-0.2, -0.15) is 4.98 Å². The first-order valence-electron chi connectivity index (χ1n) is 6.60. The molecule has 8 heteroatoms. The van der Waals surface area contributed by atoms with Crippen LogP contribution in [0.3, 0.4) is 0 Å². The highest BCUT2D eigenvalue weighted by molar-refractivity contribution is 5.61. The van der Waals surface area contributed by atoms with E-state index in [1.165, 1.54) is 0 Å². The molecule has 1 fully saturated rings. The zero-order valence-corrected chi connectivity index (χ0v) is 11.7. The zero-order chi connectivity index (χ0) is 14.7. The predicted molar refractivity (Wildman–Crippen MR) is 74.7 cm³/mol. The number of hydrogen-bond donors (Lipinski definition) is 1. The van der Waals surface area contributed by atoms with Gasteiger partial charge in [-0.05, 0) is 26.2 Å². The molecule has 1 aliphatic heterocycles. The lowest BCUT2D eigenvalue weighted by Gasteiger charge is -2.27. The van der Waals surface area contributed by atoms with Crippen LogP contribution in [0.25, 0.3) is 0 Å². The number of aromatic nitrogens is 2. The van der Waals surface area contributed by atoms with Crippen molar-refractivity contribution < 1.29 is 9.66 Å². The van der Waals surface area contributed by atoms with E-state index < -0.39 is 4.92 Å². The van der Waals surface area contributed by atoms with Crippen molar-refractivity contribution in [3.05, 3.63) is 15.8 Å². The van der Waals surface area contributed by atoms with E-state index in [0.717, 1.165) is 25.9 Å². The monoisotopic (exact) mass is 281 g/mol. The summed E-state index contributed by atoms with van der Waals surface area (Å²) in [5.74, 6) is 0.286. The molecular formula is C12H19N5O3. The highest BCUT2D eigenvalue weighted by Gasteiger charge is 2.26. The zero-order valence-electron chi connectivity index (χ0n) is 11.7. The maximum absolute atomic E-state index is 11.2. The molecule has 110 valence electrons. The Hall–Kier alpha value is -1.96. The van der Waals surface area contributed by atoms with Gasteiger partial charge >= 0.3 is 5.69 Å². The molecule has 1 aliphatic rings. The van der Waals surface area contributed by atoms with Crippen LogP contribution in [0.5, 0.6) is 0 Å². The molecule has 20 heavy (non-hydrogen) atoms. The first-order chi connectivity index (χ1) is 9.49. The largest absolute Gasteiger partial charge is 0.376 e. The molecule has 0 bridgehead atoms. The standard InChI is InChI=1S/C12H19N5O3/c1-8-10(17(18)19)11(15-12(13)14-8)16(2)7-9-5-3-4-6-20-9/h9H,3-7H2,1-2H3,(H2,13,14,15). The Morgan fingerprint density at radius 3 is 2.85 bits per heavy atom. The summed E-state index contributed by atoms with van der Waals surface area (Å²) in [6.07, 6.45) is 3.22. The summed E-state index contributed by atoms with van der Waals surface area (Å²) in [5, 5.41) is 11.2. The number of rotatable bonds is 4. The lowest BCUT2D eigenvalue weighted by atomic mass is 10.1. The third-order valence-corrected chi connectivity index (χ3v) is 3.35. The highest BCUT2D eigenvalue weighted by Crippen LogP contribution is 2.29. The molecule has 1 aromatic heterocycles. The summed E-state index contributed by atoms with van der Waals surface area (Å²) >= 11 is 0. The van der Waals surface area contributed by atoms with Gasteiger partial charge in [0.15, 0.2) is 0 Å². The van der Waals surface area contributed by atoms with E-state index in [-0.39, 0.29) is 29.3 Å². The number of nitrogens with two attached hydrogens (primary N) is 1. The molecule has 0 aliphatic carbocycles. The summed E-state index contributed by atoms with van der Waals surface area (Å²) in [6.45, 7) is 2.85. The number of nitrogens with zero attached hydrogens (tertiary/aromatic N) is 4. The van der Waals surface area contributed by atoms with Crippen LogP contribution >= 0.6 is 0 Å². The van der Waals surface area contributed by atoms with Crippen molar-refractivity contribution >= 4 is 17.5 Å². The van der Waals surface area contributed by atoms with E-state index in [2.05, 4.69) is 9.97 Å². The van der Waals surface area contributed by atoms with Crippen LogP contribution in [0, 0.1) is 17.0 Å². The van der Waals surface area contributed by atoms with Gasteiger partial charge in [0.05, 0.1) is 11.0 Å². The number of nitro groups is 1. The summed E-state index contributed by atoms with van der Waals surface area (Å²) < 4.78 is 5.64. The van der Waals surface area contributed by atoms with Crippen LogP contribution in [0.4, 0.5) is 17.5 Å². The van der Waals surface area contributed by atoms with Crippen LogP contribution in [-0.2, 0) is 4.74 Å². The van der Waals surface area contributed by atoms with Gasteiger partial charge in [-0.25, -0.2) is 4.98 Å². The maximum atomic E-state index is 11.2. The Labute approximate surface area is 117 Å². The Morgan fingerprint density at radius 2 is 2.25 bits per heavy atom. The average Bonchev–Trinajstić information content (AvgIpc) is 2.38. The van der Waals surface area contributed by atoms with Crippen molar-refractivity contribution in [2.45, 2.75) is 32.3 Å². The van der Waals surface area contributed by atoms with Gasteiger partial charge in [-0.3, -0.25) is 10.1 Å². The van der Waals surface area contributed by atoms with Crippen molar-refractivity contribution in [2.75, 3.05) is 30.8 Å². The van der Waals surface area contributed by atoms with Crippen LogP contribution < -0.4 is 10.6 Å². The highest BCUT2D eigenvalue weighted by atomic mass is 16.6. The normalized spacial score (nSPS) is 18.8. The van der Waals surface area contributed by atoms with Crippen LogP contribution in [-0.4, -0.2) is 41.2 Å². The minimum atomic E-state index is -0.470. The van der Waals surface area contributed by atoms with Gasteiger partial charge in [-0.1, -0.05) is 0 Å². The summed E-state index contributed by atoms with van der Waals surface area (Å²) in [5.41, 5.74) is 5.77. The smallest absolute Gasteiger partial charge is 0.332 e. The molecular weight excluding hydrogens is 262 g/mol. The number of likely N-dealkylation sites (N-methyl/N-ethyl adjacent to an activating group) is 1. The quantitative estimate of drug-likeness (QED) is 0.654. The molecule has 2 rings (SSSR count). The third kappa shape index (κ3) is 3.13.